The first-order valence-electron chi connectivity index (χ1n) is 14.7. The minimum atomic E-state index is -4.19. The first kappa shape index (κ1) is 33.1. The van der Waals surface area contributed by atoms with Gasteiger partial charge in [-0.15, -0.1) is 0 Å². The molecular formula is C35H39N3O6S. The van der Waals surface area contributed by atoms with Gasteiger partial charge in [-0.1, -0.05) is 55.0 Å². The van der Waals surface area contributed by atoms with E-state index < -0.39 is 28.5 Å². The molecule has 0 aliphatic rings. The van der Waals surface area contributed by atoms with Crippen LogP contribution >= 0.6 is 0 Å². The summed E-state index contributed by atoms with van der Waals surface area (Å²) in [5.74, 6) is 0.931. The summed E-state index contributed by atoms with van der Waals surface area (Å²) in [5, 5.41) is 2.85. The number of hydrogen-bond donors (Lipinski definition) is 1. The number of rotatable bonds is 14. The molecule has 0 fully saturated rings. The van der Waals surface area contributed by atoms with Gasteiger partial charge in [-0.05, 0) is 86.5 Å². The number of carbonyl (C=O) groups is 2. The van der Waals surface area contributed by atoms with Crippen molar-refractivity contribution in [1.29, 1.82) is 0 Å². The minimum absolute atomic E-state index is 0.0425. The Kier molecular flexibility index (Phi) is 11.2. The molecule has 0 spiro atoms. The molecule has 0 unspecified atom stereocenters. The van der Waals surface area contributed by atoms with Crippen LogP contribution in [-0.4, -0.2) is 51.4 Å². The second-order valence-electron chi connectivity index (χ2n) is 10.6. The molecule has 0 aromatic heterocycles. The summed E-state index contributed by atoms with van der Waals surface area (Å²) in [7, 11) is -2.62. The lowest BCUT2D eigenvalue weighted by molar-refractivity contribution is -0.139. The summed E-state index contributed by atoms with van der Waals surface area (Å²) in [4.78, 5) is 28.6. The monoisotopic (exact) mass is 629 g/mol. The largest absolute Gasteiger partial charge is 0.497 e. The van der Waals surface area contributed by atoms with E-state index in [4.69, 9.17) is 9.47 Å². The quantitative estimate of drug-likeness (QED) is 0.185. The molecule has 0 saturated carbocycles. The molecule has 45 heavy (non-hydrogen) atoms. The van der Waals surface area contributed by atoms with E-state index in [-0.39, 0.29) is 23.0 Å². The van der Waals surface area contributed by atoms with E-state index in [1.54, 1.807) is 62.6 Å². The number of sulfonamides is 1. The molecule has 1 atom stereocenters. The van der Waals surface area contributed by atoms with Crippen molar-refractivity contribution in [3.63, 3.8) is 0 Å². The van der Waals surface area contributed by atoms with Crippen molar-refractivity contribution in [1.82, 2.24) is 10.2 Å². The summed E-state index contributed by atoms with van der Waals surface area (Å²) >= 11 is 0. The highest BCUT2D eigenvalue weighted by atomic mass is 32.2. The van der Waals surface area contributed by atoms with Crippen molar-refractivity contribution in [2.75, 3.05) is 24.5 Å². The number of para-hydroxylation sites is 1. The number of anilines is 1. The van der Waals surface area contributed by atoms with Gasteiger partial charge in [0.1, 0.15) is 29.8 Å². The van der Waals surface area contributed by atoms with Gasteiger partial charge in [0.2, 0.25) is 11.8 Å². The molecule has 9 nitrogen and oxygen atoms in total. The number of nitrogens with zero attached hydrogens (tertiary/aromatic N) is 2. The van der Waals surface area contributed by atoms with Crippen molar-refractivity contribution in [2.45, 2.75) is 44.7 Å². The number of ether oxygens (including phenoxy) is 2. The molecule has 0 radical (unpaired) electrons. The molecule has 0 bridgehead atoms. The number of nitrogens with one attached hydrogen (secondary N) is 1. The predicted molar refractivity (Wildman–Crippen MR) is 175 cm³/mol. The van der Waals surface area contributed by atoms with Crippen LogP contribution in [0.2, 0.25) is 0 Å². The smallest absolute Gasteiger partial charge is 0.264 e. The molecule has 2 amide bonds. The van der Waals surface area contributed by atoms with Gasteiger partial charge in [-0.25, -0.2) is 8.42 Å². The zero-order valence-electron chi connectivity index (χ0n) is 26.0. The first-order chi connectivity index (χ1) is 21.6. The van der Waals surface area contributed by atoms with Gasteiger partial charge >= 0.3 is 0 Å². The SMILES string of the molecule is CCCNC(=O)[C@H](C)N(Cc1ccc(OC)cc1)C(=O)CN(c1ccc(Oc2ccccc2)cc1)S(=O)(=O)c1ccc(C)cc1. The van der Waals surface area contributed by atoms with E-state index in [1.807, 2.05) is 56.3 Å². The van der Waals surface area contributed by atoms with Crippen LogP contribution < -0.4 is 19.1 Å². The number of methoxy groups -OCH3 is 1. The number of carbonyl (C=O) groups excluding carboxylic acids is 2. The Morgan fingerprint density at radius 2 is 1.42 bits per heavy atom. The van der Waals surface area contributed by atoms with Crippen LogP contribution in [0.15, 0.2) is 108 Å². The number of amides is 2. The van der Waals surface area contributed by atoms with Crippen LogP contribution in [0.25, 0.3) is 0 Å². The third-order valence-electron chi connectivity index (χ3n) is 7.22. The number of aryl methyl sites for hydroxylation is 1. The highest BCUT2D eigenvalue weighted by Crippen LogP contribution is 2.29. The first-order valence-corrected chi connectivity index (χ1v) is 16.2. The second kappa shape index (κ2) is 15.3. The van der Waals surface area contributed by atoms with Gasteiger partial charge in [-0.2, -0.15) is 0 Å². The molecule has 0 aliphatic heterocycles. The van der Waals surface area contributed by atoms with E-state index in [9.17, 15) is 18.0 Å². The standard InChI is InChI=1S/C35H39N3O6S/c1-5-23-36-35(40)27(3)37(24-28-13-17-30(43-4)18-14-28)34(39)25-38(45(41,42)33-21-11-26(2)12-22-33)29-15-19-32(20-16-29)44-31-9-7-6-8-10-31/h6-22,27H,5,23-25H2,1-4H3,(H,36,40)/t27-/m0/s1. The predicted octanol–water partition coefficient (Wildman–Crippen LogP) is 5.93. The summed E-state index contributed by atoms with van der Waals surface area (Å²) in [6, 6.07) is 28.5. The van der Waals surface area contributed by atoms with Crippen LogP contribution in [0, 0.1) is 6.92 Å². The van der Waals surface area contributed by atoms with Gasteiger partial charge in [-0.3, -0.25) is 13.9 Å². The molecule has 4 rings (SSSR count). The van der Waals surface area contributed by atoms with Crippen molar-refractivity contribution < 1.29 is 27.5 Å². The highest BCUT2D eigenvalue weighted by molar-refractivity contribution is 7.92. The Hall–Kier alpha value is -4.83. The van der Waals surface area contributed by atoms with Crippen LogP contribution in [0.1, 0.15) is 31.4 Å². The molecule has 10 heteroatoms. The van der Waals surface area contributed by atoms with E-state index >= 15 is 0 Å². The Morgan fingerprint density at radius 1 is 0.822 bits per heavy atom. The Morgan fingerprint density at radius 3 is 2.02 bits per heavy atom. The third kappa shape index (κ3) is 8.63. The van der Waals surface area contributed by atoms with E-state index in [1.165, 1.54) is 17.0 Å². The Labute approximate surface area is 265 Å². The van der Waals surface area contributed by atoms with Crippen molar-refractivity contribution in [3.8, 4) is 17.2 Å². The second-order valence-corrected chi connectivity index (χ2v) is 12.4. The van der Waals surface area contributed by atoms with E-state index in [2.05, 4.69) is 5.32 Å². The molecule has 1 N–H and O–H groups in total. The fourth-order valence-electron chi connectivity index (χ4n) is 4.58. The van der Waals surface area contributed by atoms with Crippen LogP contribution in [0.3, 0.4) is 0 Å². The van der Waals surface area contributed by atoms with Crippen LogP contribution in [-0.2, 0) is 26.2 Å². The maximum atomic E-state index is 14.1. The summed E-state index contributed by atoms with van der Waals surface area (Å²) < 4.78 is 40.4. The van der Waals surface area contributed by atoms with Crippen molar-refractivity contribution >= 4 is 27.5 Å². The lowest BCUT2D eigenvalue weighted by Gasteiger charge is -2.32. The molecular weight excluding hydrogens is 590 g/mol. The van der Waals surface area contributed by atoms with Crippen LogP contribution in [0.5, 0.6) is 17.2 Å². The van der Waals surface area contributed by atoms with Gasteiger partial charge in [0.05, 0.1) is 17.7 Å². The summed E-state index contributed by atoms with van der Waals surface area (Å²) in [6.07, 6.45) is 0.734. The van der Waals surface area contributed by atoms with Gasteiger partial charge in [0.25, 0.3) is 10.0 Å². The number of benzene rings is 4. The fraction of sp³-hybridized carbons (Fsp3) is 0.257. The normalized spacial score (nSPS) is 11.7. The topological polar surface area (TPSA) is 105 Å². The number of hydrogen-bond acceptors (Lipinski definition) is 6. The lowest BCUT2D eigenvalue weighted by atomic mass is 10.1. The molecule has 4 aromatic rings. The summed E-state index contributed by atoms with van der Waals surface area (Å²) in [6.45, 7) is 5.46. The third-order valence-corrected chi connectivity index (χ3v) is 9.01. The van der Waals surface area contributed by atoms with Gasteiger partial charge < -0.3 is 19.7 Å². The van der Waals surface area contributed by atoms with Gasteiger partial charge in [0, 0.05) is 13.1 Å². The average Bonchev–Trinajstić information content (AvgIpc) is 3.06. The summed E-state index contributed by atoms with van der Waals surface area (Å²) in [5.41, 5.74) is 1.93. The molecule has 0 aliphatic carbocycles. The fourth-order valence-corrected chi connectivity index (χ4v) is 5.99. The molecule has 4 aromatic carbocycles. The van der Waals surface area contributed by atoms with E-state index in [0.717, 1.165) is 21.9 Å². The van der Waals surface area contributed by atoms with E-state index in [0.29, 0.717) is 23.8 Å². The molecule has 236 valence electrons. The average molecular weight is 630 g/mol. The maximum Gasteiger partial charge on any atom is 0.264 e. The minimum Gasteiger partial charge on any atom is -0.497 e. The Bertz CT molecular complexity index is 1660. The Balaban J connectivity index is 1.69. The maximum absolute atomic E-state index is 14.1. The lowest BCUT2D eigenvalue weighted by Crippen LogP contribution is -2.51. The van der Waals surface area contributed by atoms with Crippen molar-refractivity contribution in [2.24, 2.45) is 0 Å². The zero-order chi connectivity index (χ0) is 32.4. The van der Waals surface area contributed by atoms with Crippen LogP contribution in [0.4, 0.5) is 5.69 Å². The highest BCUT2D eigenvalue weighted by Gasteiger charge is 2.32. The van der Waals surface area contributed by atoms with Gasteiger partial charge in [0.15, 0.2) is 0 Å². The molecule has 0 heterocycles. The molecule has 0 saturated heterocycles. The zero-order valence-corrected chi connectivity index (χ0v) is 26.8. The van der Waals surface area contributed by atoms with Crippen molar-refractivity contribution in [3.05, 3.63) is 114 Å².